The number of aliphatic carboxylic acids is 1. The van der Waals surface area contributed by atoms with E-state index in [0.717, 1.165) is 27.4 Å². The van der Waals surface area contributed by atoms with Crippen LogP contribution in [0.15, 0.2) is 85.2 Å². The van der Waals surface area contributed by atoms with Crippen LogP contribution in [0.1, 0.15) is 70.6 Å². The monoisotopic (exact) mass is 994 g/mol. The summed E-state index contributed by atoms with van der Waals surface area (Å²) in [6.45, 7) is 8.21. The van der Waals surface area contributed by atoms with Crippen molar-refractivity contribution in [2.24, 2.45) is 23.3 Å². The lowest BCUT2D eigenvalue weighted by atomic mass is 9.95. The fourth-order valence-electron chi connectivity index (χ4n) is 8.23. The molecule has 5 rings (SSSR count). The number of carboxylic acids is 1. The van der Waals surface area contributed by atoms with Gasteiger partial charge in [0, 0.05) is 47.0 Å². The normalized spacial score (nSPS) is 15.2. The lowest BCUT2D eigenvalue weighted by Crippen LogP contribution is -2.62. The molecule has 21 heteroatoms. The molecule has 9 atom stereocenters. The van der Waals surface area contributed by atoms with E-state index in [9.17, 15) is 53.7 Å². The van der Waals surface area contributed by atoms with Gasteiger partial charge in [-0.15, -0.1) is 0 Å². The molecule has 72 heavy (non-hydrogen) atoms. The molecule has 3 aromatic carbocycles. The van der Waals surface area contributed by atoms with Crippen LogP contribution in [-0.4, -0.2) is 121 Å². The Morgan fingerprint density at radius 1 is 0.583 bits per heavy atom. The summed E-state index contributed by atoms with van der Waals surface area (Å²) in [5, 5.41) is 47.3. The van der Waals surface area contributed by atoms with Gasteiger partial charge in [-0.05, 0) is 72.6 Å². The van der Waals surface area contributed by atoms with Gasteiger partial charge < -0.3 is 68.7 Å². The minimum absolute atomic E-state index is 0.0169. The summed E-state index contributed by atoms with van der Waals surface area (Å²) < 4.78 is 0. The second-order valence-electron chi connectivity index (χ2n) is 18.6. The molecule has 0 bridgehead atoms. The smallest absolute Gasteiger partial charge is 0.326 e. The molecule has 21 nitrogen and oxygen atoms in total. The number of fused-ring (bicyclic) bond motifs is 2. The van der Waals surface area contributed by atoms with E-state index in [1.165, 1.54) is 19.1 Å². The number of phenolic OH excluding ortho intramolecular Hbond substituents is 1. The number of aromatic nitrogens is 2. The topological polar surface area (TPSA) is 353 Å². The molecule has 9 unspecified atom stereocenters. The van der Waals surface area contributed by atoms with Crippen LogP contribution in [0.5, 0.6) is 5.75 Å². The van der Waals surface area contributed by atoms with E-state index in [0.29, 0.717) is 17.5 Å². The Morgan fingerprint density at radius 2 is 1.06 bits per heavy atom. The highest BCUT2D eigenvalue weighted by Gasteiger charge is 2.37. The summed E-state index contributed by atoms with van der Waals surface area (Å²) in [5.41, 5.74) is 15.2. The van der Waals surface area contributed by atoms with E-state index in [1.54, 1.807) is 52.2 Å². The molecule has 386 valence electrons. The summed E-state index contributed by atoms with van der Waals surface area (Å²) in [5.74, 6) is -8.41. The molecule has 7 amide bonds. The highest BCUT2D eigenvalue weighted by molar-refractivity contribution is 5.98. The second-order valence-corrected chi connectivity index (χ2v) is 18.6. The number of rotatable bonds is 26. The van der Waals surface area contributed by atoms with Crippen LogP contribution in [0.25, 0.3) is 21.8 Å². The van der Waals surface area contributed by atoms with Crippen LogP contribution in [0.4, 0.5) is 0 Å². The van der Waals surface area contributed by atoms with Crippen LogP contribution in [0, 0.1) is 11.8 Å². The Kier molecular flexibility index (Phi) is 19.4. The average Bonchev–Trinajstić information content (AvgIpc) is 3.94. The summed E-state index contributed by atoms with van der Waals surface area (Å²) in [6.07, 6.45) is 1.50. The number of aliphatic hydroxyl groups is 1. The number of nitrogens with two attached hydrogens (primary N) is 2. The number of hydrogen-bond acceptors (Lipinski definition) is 11. The van der Waals surface area contributed by atoms with E-state index >= 15 is 0 Å². The summed E-state index contributed by atoms with van der Waals surface area (Å²) in [7, 11) is 0. The van der Waals surface area contributed by atoms with Crippen molar-refractivity contribution in [1.82, 2.24) is 41.9 Å². The van der Waals surface area contributed by atoms with Gasteiger partial charge in [-0.2, -0.15) is 0 Å². The maximum absolute atomic E-state index is 14.7. The number of benzene rings is 3. The van der Waals surface area contributed by atoms with Crippen LogP contribution in [-0.2, 0) is 57.6 Å². The molecule has 0 radical (unpaired) electrons. The van der Waals surface area contributed by atoms with Crippen molar-refractivity contribution in [3.8, 4) is 5.75 Å². The molecule has 5 aromatic rings. The maximum atomic E-state index is 14.7. The van der Waals surface area contributed by atoms with Gasteiger partial charge >= 0.3 is 5.97 Å². The predicted molar refractivity (Wildman–Crippen MR) is 267 cm³/mol. The first-order valence-corrected chi connectivity index (χ1v) is 23.8. The lowest BCUT2D eigenvalue weighted by molar-refractivity contribution is -0.144. The van der Waals surface area contributed by atoms with Crippen LogP contribution >= 0.6 is 0 Å². The standard InChI is InChI=1S/C51H66N10O11/c1-6-27(4)43(49(69)58-38(19-26(2)3)47(67)61-44(28(5)62)50(70)59-41(51(71)72)23-42(53)64)60-48(68)40(22-31-25-55-37-14-10-8-12-34(31)37)57-46(66)39(20-29-15-17-32(63)18-16-29)56-45(65)35(52)21-30-24-54-36-13-9-7-11-33(30)36/h7-18,24-28,35,38-41,43-44,54-55,62-63H,6,19-23,52H2,1-5H3,(H2,53,64)(H,56,65)(H,57,66)(H,58,69)(H,59,70)(H,60,68)(H,61,67)(H,71,72). The molecule has 0 saturated carbocycles. The van der Waals surface area contributed by atoms with Gasteiger partial charge in [0.2, 0.25) is 41.4 Å². The van der Waals surface area contributed by atoms with Crippen LogP contribution in [0.2, 0.25) is 0 Å². The number of primary amides is 1. The molecule has 0 aliphatic rings. The van der Waals surface area contributed by atoms with Crippen molar-refractivity contribution in [3.63, 3.8) is 0 Å². The highest BCUT2D eigenvalue weighted by atomic mass is 16.4. The van der Waals surface area contributed by atoms with Gasteiger partial charge in [-0.25, -0.2) is 4.79 Å². The van der Waals surface area contributed by atoms with Crippen molar-refractivity contribution >= 4 is 69.1 Å². The van der Waals surface area contributed by atoms with Gasteiger partial charge in [0.15, 0.2) is 0 Å². The highest BCUT2D eigenvalue weighted by Crippen LogP contribution is 2.22. The SMILES string of the molecule is CCC(C)C(NC(=O)C(Cc1c[nH]c2ccccc12)NC(=O)C(Cc1ccc(O)cc1)NC(=O)C(N)Cc1c[nH]c2ccccc12)C(=O)NC(CC(C)C)C(=O)NC(C(=O)NC(CC(N)=O)C(=O)O)C(C)O. The number of carbonyl (C=O) groups is 8. The van der Waals surface area contributed by atoms with Crippen LogP contribution in [0.3, 0.4) is 0 Å². The molecule has 0 aliphatic carbocycles. The predicted octanol–water partition coefficient (Wildman–Crippen LogP) is 1.05. The number of nitrogens with one attached hydrogen (secondary N) is 8. The molecule has 15 N–H and O–H groups in total. The number of para-hydroxylation sites is 2. The Morgan fingerprint density at radius 3 is 1.60 bits per heavy atom. The first kappa shape index (κ1) is 55.2. The number of carboxylic acid groups (broad SMARTS) is 1. The molecular formula is C51H66N10O11. The molecule has 0 spiro atoms. The van der Waals surface area contributed by atoms with Crippen molar-refractivity contribution in [3.05, 3.63) is 102 Å². The molecular weight excluding hydrogens is 929 g/mol. The van der Waals surface area contributed by atoms with E-state index in [1.807, 2.05) is 48.5 Å². The van der Waals surface area contributed by atoms with E-state index in [-0.39, 0.29) is 37.4 Å². The minimum atomic E-state index is -1.76. The number of carbonyl (C=O) groups excluding carboxylic acids is 7. The number of amides is 7. The number of phenols is 1. The summed E-state index contributed by atoms with van der Waals surface area (Å²) >= 11 is 0. The average molecular weight is 995 g/mol. The lowest BCUT2D eigenvalue weighted by Gasteiger charge is -2.30. The van der Waals surface area contributed by atoms with Gasteiger partial charge in [0.1, 0.15) is 42.0 Å². The number of hydrogen-bond donors (Lipinski definition) is 13. The third kappa shape index (κ3) is 15.1. The minimum Gasteiger partial charge on any atom is -0.508 e. The van der Waals surface area contributed by atoms with Crippen molar-refractivity contribution in [2.45, 2.75) is 122 Å². The van der Waals surface area contributed by atoms with E-state index in [2.05, 4.69) is 41.9 Å². The largest absolute Gasteiger partial charge is 0.508 e. The maximum Gasteiger partial charge on any atom is 0.326 e. The second kappa shape index (κ2) is 25.4. The number of aromatic hydroxyl groups is 1. The van der Waals surface area contributed by atoms with Crippen molar-refractivity contribution < 1.29 is 53.7 Å². The van der Waals surface area contributed by atoms with Crippen molar-refractivity contribution in [1.29, 1.82) is 0 Å². The van der Waals surface area contributed by atoms with Gasteiger partial charge in [-0.3, -0.25) is 33.6 Å². The Balaban J connectivity index is 1.41. The van der Waals surface area contributed by atoms with Gasteiger partial charge in [-0.1, -0.05) is 82.6 Å². The van der Waals surface area contributed by atoms with E-state index in [4.69, 9.17) is 11.5 Å². The van der Waals surface area contributed by atoms with E-state index < -0.39 is 108 Å². The fraction of sp³-hybridized carbons (Fsp3) is 0.412. The van der Waals surface area contributed by atoms with Crippen LogP contribution < -0.4 is 43.4 Å². The molecule has 2 heterocycles. The van der Waals surface area contributed by atoms with Gasteiger partial charge in [0.05, 0.1) is 18.6 Å². The molecule has 2 aromatic heterocycles. The molecule has 0 saturated heterocycles. The zero-order chi connectivity index (χ0) is 52.8. The Hall–Kier alpha value is -7.78. The number of aliphatic hydroxyl groups excluding tert-OH is 1. The third-order valence-corrected chi connectivity index (χ3v) is 12.4. The third-order valence-electron chi connectivity index (χ3n) is 12.4. The quantitative estimate of drug-likeness (QED) is 0.0370. The first-order chi connectivity index (χ1) is 34.1. The summed E-state index contributed by atoms with van der Waals surface area (Å²) in [6, 6.07) is 11.0. The molecule has 0 fully saturated rings. The zero-order valence-corrected chi connectivity index (χ0v) is 40.9. The first-order valence-electron chi connectivity index (χ1n) is 23.8. The molecule has 0 aliphatic heterocycles. The number of aromatic amines is 2. The number of H-pyrrole nitrogens is 2. The van der Waals surface area contributed by atoms with Gasteiger partial charge in [0.25, 0.3) is 0 Å². The Bertz CT molecular complexity index is 2720. The summed E-state index contributed by atoms with van der Waals surface area (Å²) in [4.78, 5) is 114. The fourth-order valence-corrected chi connectivity index (χ4v) is 8.23. The Labute approximate surface area is 416 Å². The van der Waals surface area contributed by atoms with Crippen molar-refractivity contribution in [2.75, 3.05) is 0 Å². The zero-order valence-electron chi connectivity index (χ0n) is 40.9.